The maximum absolute atomic E-state index is 12.2. The third-order valence-electron chi connectivity index (χ3n) is 5.13. The zero-order chi connectivity index (χ0) is 17.7. The number of amides is 2. The van der Waals surface area contributed by atoms with E-state index in [-0.39, 0.29) is 11.4 Å². The van der Waals surface area contributed by atoms with Gasteiger partial charge in [0.15, 0.2) is 0 Å². The maximum atomic E-state index is 12.2. The maximum Gasteiger partial charge on any atom is 0.314 e. The minimum Gasteiger partial charge on any atom is -0.337 e. The largest absolute Gasteiger partial charge is 0.337 e. The molecule has 0 saturated heterocycles. The number of nitrogens with one attached hydrogen (secondary N) is 2. The number of fused-ring (bicyclic) bond motifs is 1. The van der Waals surface area contributed by atoms with Crippen LogP contribution in [-0.2, 0) is 24.8 Å². The van der Waals surface area contributed by atoms with E-state index in [4.69, 9.17) is 0 Å². The van der Waals surface area contributed by atoms with Gasteiger partial charge in [-0.05, 0) is 30.4 Å². The first-order valence-electron chi connectivity index (χ1n) is 9.09. The SMILES string of the molecule is CCc1nncn1CCNC(=O)NCC1(C)CCCc2ccccc21. The van der Waals surface area contributed by atoms with Crippen LogP contribution in [0.3, 0.4) is 0 Å². The molecule has 6 nitrogen and oxygen atoms in total. The van der Waals surface area contributed by atoms with Crippen LogP contribution in [0, 0.1) is 0 Å². The van der Waals surface area contributed by atoms with Gasteiger partial charge in [0.25, 0.3) is 0 Å². The van der Waals surface area contributed by atoms with Crippen LogP contribution >= 0.6 is 0 Å². The van der Waals surface area contributed by atoms with Crippen molar-refractivity contribution >= 4 is 6.03 Å². The molecule has 1 aliphatic rings. The number of hydrogen-bond donors (Lipinski definition) is 2. The Hall–Kier alpha value is -2.37. The van der Waals surface area contributed by atoms with Crippen LogP contribution in [0.1, 0.15) is 43.6 Å². The van der Waals surface area contributed by atoms with Gasteiger partial charge in [0.05, 0.1) is 0 Å². The Kier molecular flexibility index (Phi) is 5.36. The molecule has 1 aromatic heterocycles. The van der Waals surface area contributed by atoms with Crippen molar-refractivity contribution < 1.29 is 4.79 Å². The summed E-state index contributed by atoms with van der Waals surface area (Å²) in [6, 6.07) is 8.48. The smallest absolute Gasteiger partial charge is 0.314 e. The Morgan fingerprint density at radius 1 is 1.32 bits per heavy atom. The summed E-state index contributed by atoms with van der Waals surface area (Å²) >= 11 is 0. The van der Waals surface area contributed by atoms with Crippen LogP contribution in [0.15, 0.2) is 30.6 Å². The van der Waals surface area contributed by atoms with Crippen molar-refractivity contribution in [3.63, 3.8) is 0 Å². The molecule has 0 fully saturated rings. The highest BCUT2D eigenvalue weighted by Crippen LogP contribution is 2.36. The van der Waals surface area contributed by atoms with Gasteiger partial charge < -0.3 is 15.2 Å². The molecule has 1 aromatic carbocycles. The summed E-state index contributed by atoms with van der Waals surface area (Å²) in [4.78, 5) is 12.2. The van der Waals surface area contributed by atoms with Crippen LogP contribution < -0.4 is 10.6 Å². The van der Waals surface area contributed by atoms with Gasteiger partial charge >= 0.3 is 6.03 Å². The minimum absolute atomic E-state index is 0.00975. The number of nitrogens with zero attached hydrogens (tertiary/aromatic N) is 3. The summed E-state index contributed by atoms with van der Waals surface area (Å²) in [6.07, 6.45) is 5.95. The molecule has 2 aromatic rings. The summed E-state index contributed by atoms with van der Waals surface area (Å²) in [5.41, 5.74) is 2.80. The van der Waals surface area contributed by atoms with Gasteiger partial charge in [0.2, 0.25) is 0 Å². The van der Waals surface area contributed by atoms with E-state index in [1.165, 1.54) is 17.5 Å². The molecule has 0 spiro atoms. The molecule has 1 atom stereocenters. The first-order chi connectivity index (χ1) is 12.1. The van der Waals surface area contributed by atoms with Crippen LogP contribution in [0.25, 0.3) is 0 Å². The molecule has 0 bridgehead atoms. The molecular weight excluding hydrogens is 314 g/mol. The normalized spacial score (nSPS) is 19.3. The highest BCUT2D eigenvalue weighted by atomic mass is 16.2. The molecule has 0 radical (unpaired) electrons. The standard InChI is InChI=1S/C19H27N5O/c1-3-17-23-22-14-24(17)12-11-20-18(25)21-13-19(2)10-6-8-15-7-4-5-9-16(15)19/h4-5,7,9,14H,3,6,8,10-13H2,1-2H3,(H2,20,21,25). The summed E-state index contributed by atoms with van der Waals surface area (Å²) in [5, 5.41) is 13.9. The number of aromatic nitrogens is 3. The van der Waals surface area contributed by atoms with Gasteiger partial charge in [0, 0.05) is 31.5 Å². The predicted molar refractivity (Wildman–Crippen MR) is 97.5 cm³/mol. The van der Waals surface area contributed by atoms with Crippen molar-refractivity contribution in [1.82, 2.24) is 25.4 Å². The van der Waals surface area contributed by atoms with E-state index < -0.39 is 0 Å². The number of carbonyl (C=O) groups is 1. The van der Waals surface area contributed by atoms with Gasteiger partial charge in [-0.15, -0.1) is 10.2 Å². The zero-order valence-corrected chi connectivity index (χ0v) is 15.1. The quantitative estimate of drug-likeness (QED) is 0.848. The first kappa shape index (κ1) is 17.5. The van der Waals surface area contributed by atoms with Crippen molar-refractivity contribution in [2.24, 2.45) is 0 Å². The fraction of sp³-hybridized carbons (Fsp3) is 0.526. The minimum atomic E-state index is -0.115. The van der Waals surface area contributed by atoms with Gasteiger partial charge in [-0.1, -0.05) is 38.1 Å². The molecule has 3 rings (SSSR count). The lowest BCUT2D eigenvalue weighted by molar-refractivity contribution is 0.236. The van der Waals surface area contributed by atoms with Crippen molar-refractivity contribution in [3.05, 3.63) is 47.5 Å². The van der Waals surface area contributed by atoms with Gasteiger partial charge in [-0.3, -0.25) is 0 Å². The van der Waals surface area contributed by atoms with Crippen molar-refractivity contribution in [1.29, 1.82) is 0 Å². The molecule has 1 aliphatic carbocycles. The lowest BCUT2D eigenvalue weighted by atomic mass is 9.71. The van der Waals surface area contributed by atoms with E-state index in [2.05, 4.69) is 52.0 Å². The van der Waals surface area contributed by atoms with Crippen molar-refractivity contribution in [2.45, 2.75) is 51.5 Å². The number of carbonyl (C=O) groups excluding carboxylic acids is 1. The summed E-state index contributed by atoms with van der Waals surface area (Å²) in [5.74, 6) is 0.938. The van der Waals surface area contributed by atoms with Gasteiger partial charge in [-0.2, -0.15) is 0 Å². The van der Waals surface area contributed by atoms with E-state index in [0.717, 1.165) is 25.1 Å². The third-order valence-corrected chi connectivity index (χ3v) is 5.13. The van der Waals surface area contributed by atoms with Crippen LogP contribution in [0.5, 0.6) is 0 Å². The molecule has 1 heterocycles. The Morgan fingerprint density at radius 3 is 3.00 bits per heavy atom. The fourth-order valence-electron chi connectivity index (χ4n) is 3.68. The Morgan fingerprint density at radius 2 is 2.16 bits per heavy atom. The Labute approximate surface area is 149 Å². The molecule has 6 heteroatoms. The van der Waals surface area contributed by atoms with E-state index in [0.29, 0.717) is 19.6 Å². The van der Waals surface area contributed by atoms with Crippen LogP contribution in [0.4, 0.5) is 4.79 Å². The zero-order valence-electron chi connectivity index (χ0n) is 15.1. The van der Waals surface area contributed by atoms with Crippen LogP contribution in [0.2, 0.25) is 0 Å². The van der Waals surface area contributed by atoms with E-state index in [1.54, 1.807) is 6.33 Å². The number of aryl methyl sites for hydroxylation is 2. The average molecular weight is 341 g/mol. The first-order valence-corrected chi connectivity index (χ1v) is 9.09. The number of hydrogen-bond acceptors (Lipinski definition) is 3. The van der Waals surface area contributed by atoms with E-state index in [9.17, 15) is 4.79 Å². The molecular formula is C19H27N5O. The van der Waals surface area contributed by atoms with E-state index in [1.807, 2.05) is 11.5 Å². The fourth-order valence-corrected chi connectivity index (χ4v) is 3.68. The number of rotatable bonds is 6. The topological polar surface area (TPSA) is 71.8 Å². The Bertz CT molecular complexity index is 726. The molecule has 0 saturated carbocycles. The summed E-state index contributed by atoms with van der Waals surface area (Å²) in [7, 11) is 0. The third kappa shape index (κ3) is 4.00. The highest BCUT2D eigenvalue weighted by molar-refractivity contribution is 5.74. The second-order valence-corrected chi connectivity index (χ2v) is 6.97. The molecule has 2 N–H and O–H groups in total. The second-order valence-electron chi connectivity index (χ2n) is 6.97. The van der Waals surface area contributed by atoms with Crippen molar-refractivity contribution in [2.75, 3.05) is 13.1 Å². The van der Waals surface area contributed by atoms with Gasteiger partial charge in [-0.25, -0.2) is 4.79 Å². The van der Waals surface area contributed by atoms with E-state index >= 15 is 0 Å². The summed E-state index contributed by atoms with van der Waals surface area (Å²) in [6.45, 7) is 6.19. The monoisotopic (exact) mass is 341 g/mol. The van der Waals surface area contributed by atoms with Gasteiger partial charge in [0.1, 0.15) is 12.2 Å². The second kappa shape index (κ2) is 7.68. The van der Waals surface area contributed by atoms with Crippen LogP contribution in [-0.4, -0.2) is 33.9 Å². The lowest BCUT2D eigenvalue weighted by Crippen LogP contribution is -2.45. The molecule has 1 unspecified atom stereocenters. The molecule has 25 heavy (non-hydrogen) atoms. The lowest BCUT2D eigenvalue weighted by Gasteiger charge is -2.36. The molecule has 134 valence electrons. The predicted octanol–water partition coefficient (Wildman–Crippen LogP) is 2.43. The molecule has 0 aliphatic heterocycles. The highest BCUT2D eigenvalue weighted by Gasteiger charge is 2.31. The number of urea groups is 1. The molecule has 2 amide bonds. The number of benzene rings is 1. The summed E-state index contributed by atoms with van der Waals surface area (Å²) < 4.78 is 1.97. The average Bonchev–Trinajstić information content (AvgIpc) is 3.08. The van der Waals surface area contributed by atoms with Crippen molar-refractivity contribution in [3.8, 4) is 0 Å². The Balaban J connectivity index is 1.49.